The summed E-state index contributed by atoms with van der Waals surface area (Å²) in [6.45, 7) is 16.2. The first-order chi connectivity index (χ1) is 11.9. The van der Waals surface area contributed by atoms with E-state index >= 15 is 0 Å². The maximum Gasteiger partial charge on any atom is 0.192 e. The zero-order valence-corrected chi connectivity index (χ0v) is 19.0. The average molecular weight is 381 g/mol. The number of Topliss-reactive ketones (excluding diaryl/α,β-unsaturated/α-hetero) is 1. The number of fused-ring (bicyclic) bond motifs is 3. The molecule has 3 saturated carbocycles. The van der Waals surface area contributed by atoms with Crippen molar-refractivity contribution < 1.29 is 14.3 Å². The molecule has 0 radical (unpaired) electrons. The Labute approximate surface area is 161 Å². The van der Waals surface area contributed by atoms with Crippen LogP contribution in [0.25, 0.3) is 0 Å². The van der Waals surface area contributed by atoms with E-state index in [9.17, 15) is 9.90 Å². The SMILES string of the molecule is CC(C)(C)[Si](C)(C)O[C@H]1CC[C@@H]2[C@@H]3CCC(=O)[C@](C)(CO)[C@@H]3CC[C@]12C. The minimum atomic E-state index is -1.78. The summed E-state index contributed by atoms with van der Waals surface area (Å²) < 4.78 is 6.94. The van der Waals surface area contributed by atoms with Gasteiger partial charge in [-0.2, -0.15) is 0 Å². The lowest BCUT2D eigenvalue weighted by Gasteiger charge is -2.56. The van der Waals surface area contributed by atoms with Gasteiger partial charge in [0, 0.05) is 6.42 Å². The molecule has 0 aromatic carbocycles. The maximum absolute atomic E-state index is 12.6. The molecule has 0 aromatic rings. The van der Waals surface area contributed by atoms with Crippen molar-refractivity contribution in [2.24, 2.45) is 28.6 Å². The standard InChI is InChI=1S/C22H40O3Si/c1-20(2,3)26(6,7)25-19-11-9-16-15-8-10-18(24)22(5,14-23)17(15)12-13-21(16,19)4/h15-17,19,23H,8-14H2,1-7H3/t15-,16+,17+,19-,21-,22+/m0/s1. The summed E-state index contributed by atoms with van der Waals surface area (Å²) in [4.78, 5) is 12.6. The van der Waals surface area contributed by atoms with Gasteiger partial charge >= 0.3 is 0 Å². The van der Waals surface area contributed by atoms with E-state index in [1.165, 1.54) is 12.8 Å². The summed E-state index contributed by atoms with van der Waals surface area (Å²) in [5, 5.41) is 10.3. The lowest BCUT2D eigenvalue weighted by molar-refractivity contribution is -0.150. The molecule has 3 rings (SSSR count). The van der Waals surface area contributed by atoms with Crippen molar-refractivity contribution in [3.05, 3.63) is 0 Å². The topological polar surface area (TPSA) is 46.5 Å². The summed E-state index contributed by atoms with van der Waals surface area (Å²) in [6, 6.07) is 0. The van der Waals surface area contributed by atoms with Crippen molar-refractivity contribution in [1.29, 1.82) is 0 Å². The highest BCUT2D eigenvalue weighted by Crippen LogP contribution is 2.63. The third-order valence-electron chi connectivity index (χ3n) is 9.08. The Morgan fingerprint density at radius 1 is 1.12 bits per heavy atom. The van der Waals surface area contributed by atoms with Gasteiger partial charge in [-0.15, -0.1) is 0 Å². The summed E-state index contributed by atoms with van der Waals surface area (Å²) >= 11 is 0. The highest BCUT2D eigenvalue weighted by Gasteiger charge is 2.60. The number of ketones is 1. The quantitative estimate of drug-likeness (QED) is 0.686. The van der Waals surface area contributed by atoms with Crippen molar-refractivity contribution >= 4 is 14.1 Å². The number of hydrogen-bond acceptors (Lipinski definition) is 3. The van der Waals surface area contributed by atoms with E-state index in [4.69, 9.17) is 4.43 Å². The summed E-state index contributed by atoms with van der Waals surface area (Å²) in [7, 11) is -1.78. The second kappa shape index (κ2) is 6.42. The van der Waals surface area contributed by atoms with Gasteiger partial charge in [0.1, 0.15) is 5.78 Å². The summed E-state index contributed by atoms with van der Waals surface area (Å²) in [6.07, 6.45) is 6.64. The Morgan fingerprint density at radius 3 is 2.35 bits per heavy atom. The Hall–Kier alpha value is -0.193. The number of hydrogen-bond donors (Lipinski definition) is 1. The zero-order chi connectivity index (χ0) is 19.5. The largest absolute Gasteiger partial charge is 0.413 e. The summed E-state index contributed by atoms with van der Waals surface area (Å²) in [5.41, 5.74) is -0.268. The van der Waals surface area contributed by atoms with Crippen LogP contribution in [-0.4, -0.2) is 31.9 Å². The van der Waals surface area contributed by atoms with Crippen molar-refractivity contribution in [1.82, 2.24) is 0 Å². The van der Waals surface area contributed by atoms with Crippen molar-refractivity contribution in [2.45, 2.75) is 97.4 Å². The van der Waals surface area contributed by atoms with Crippen LogP contribution in [0.4, 0.5) is 0 Å². The minimum Gasteiger partial charge on any atom is -0.413 e. The van der Waals surface area contributed by atoms with E-state index in [2.05, 4.69) is 40.8 Å². The first-order valence-electron chi connectivity index (χ1n) is 10.7. The van der Waals surface area contributed by atoms with E-state index in [0.717, 1.165) is 19.3 Å². The fourth-order valence-corrected chi connectivity index (χ4v) is 7.61. The molecular weight excluding hydrogens is 340 g/mol. The molecular formula is C22H40O3Si. The van der Waals surface area contributed by atoms with Crippen molar-refractivity contribution in [2.75, 3.05) is 6.61 Å². The molecule has 3 nitrogen and oxygen atoms in total. The van der Waals surface area contributed by atoms with Crippen molar-refractivity contribution in [3.8, 4) is 0 Å². The number of carbonyl (C=O) groups excluding carboxylic acids is 1. The Bertz CT molecular complexity index is 566. The maximum atomic E-state index is 12.6. The molecule has 150 valence electrons. The molecule has 0 amide bonds. The van der Waals surface area contributed by atoms with Crippen LogP contribution in [-0.2, 0) is 9.22 Å². The van der Waals surface area contributed by atoms with Gasteiger partial charge in [-0.3, -0.25) is 4.79 Å². The fraction of sp³-hybridized carbons (Fsp3) is 0.955. The highest BCUT2D eigenvalue weighted by atomic mass is 28.4. The first-order valence-corrected chi connectivity index (χ1v) is 13.6. The van der Waals surface area contributed by atoms with Gasteiger partial charge in [0.25, 0.3) is 0 Å². The molecule has 0 heterocycles. The molecule has 0 aliphatic heterocycles. The average Bonchev–Trinajstić information content (AvgIpc) is 2.86. The lowest BCUT2D eigenvalue weighted by atomic mass is 9.50. The highest BCUT2D eigenvalue weighted by molar-refractivity contribution is 6.74. The van der Waals surface area contributed by atoms with Crippen LogP contribution < -0.4 is 0 Å². The van der Waals surface area contributed by atoms with Crippen LogP contribution in [0.1, 0.15) is 73.1 Å². The van der Waals surface area contributed by atoms with Gasteiger partial charge < -0.3 is 9.53 Å². The molecule has 3 aliphatic rings. The van der Waals surface area contributed by atoms with Crippen LogP contribution in [0, 0.1) is 28.6 Å². The molecule has 0 aromatic heterocycles. The molecule has 1 N–H and O–H groups in total. The zero-order valence-electron chi connectivity index (χ0n) is 18.0. The fourth-order valence-electron chi connectivity index (χ4n) is 6.15. The molecule has 0 saturated heterocycles. The number of rotatable bonds is 3. The predicted octanol–water partition coefficient (Wildman–Crippen LogP) is 5.18. The number of aliphatic hydroxyl groups is 1. The van der Waals surface area contributed by atoms with Crippen molar-refractivity contribution in [3.63, 3.8) is 0 Å². The normalized spacial score (nSPS) is 43.9. The molecule has 3 fully saturated rings. The minimum absolute atomic E-state index is 0.0142. The van der Waals surface area contributed by atoms with Crippen LogP contribution in [0.15, 0.2) is 0 Å². The second-order valence-corrected chi connectivity index (χ2v) is 16.2. The van der Waals surface area contributed by atoms with E-state index in [1.54, 1.807) is 0 Å². The predicted molar refractivity (Wildman–Crippen MR) is 109 cm³/mol. The molecule has 26 heavy (non-hydrogen) atoms. The smallest absolute Gasteiger partial charge is 0.192 e. The number of aliphatic hydroxyl groups excluding tert-OH is 1. The molecule has 4 heteroatoms. The molecule has 6 atom stereocenters. The van der Waals surface area contributed by atoms with Gasteiger partial charge in [0.15, 0.2) is 8.32 Å². The Morgan fingerprint density at radius 2 is 1.77 bits per heavy atom. The van der Waals surface area contributed by atoms with Crippen LogP contribution in [0.2, 0.25) is 18.1 Å². The van der Waals surface area contributed by atoms with Crippen LogP contribution >= 0.6 is 0 Å². The van der Waals surface area contributed by atoms with E-state index in [0.29, 0.717) is 30.3 Å². The molecule has 0 unspecified atom stereocenters. The third kappa shape index (κ3) is 2.95. The van der Waals surface area contributed by atoms with Gasteiger partial charge in [0.2, 0.25) is 0 Å². The lowest BCUT2D eigenvalue weighted by Crippen LogP contribution is -2.55. The molecule has 0 spiro atoms. The van der Waals surface area contributed by atoms with Crippen LogP contribution in [0.3, 0.4) is 0 Å². The van der Waals surface area contributed by atoms with Gasteiger partial charge in [-0.05, 0) is 73.4 Å². The van der Waals surface area contributed by atoms with E-state index in [1.807, 2.05) is 6.92 Å². The van der Waals surface area contributed by atoms with Gasteiger partial charge in [0.05, 0.1) is 18.1 Å². The first kappa shape index (κ1) is 20.5. The third-order valence-corrected chi connectivity index (χ3v) is 13.6. The van der Waals surface area contributed by atoms with Gasteiger partial charge in [-0.1, -0.05) is 34.6 Å². The Kier molecular flexibility index (Phi) is 5.07. The molecule has 3 aliphatic carbocycles. The second-order valence-electron chi connectivity index (χ2n) is 11.4. The van der Waals surface area contributed by atoms with E-state index in [-0.39, 0.29) is 22.8 Å². The monoisotopic (exact) mass is 380 g/mol. The number of carbonyl (C=O) groups is 1. The molecule has 0 bridgehead atoms. The Balaban J connectivity index is 1.83. The summed E-state index contributed by atoms with van der Waals surface area (Å²) in [5.74, 6) is 1.88. The van der Waals surface area contributed by atoms with E-state index < -0.39 is 13.7 Å². The van der Waals surface area contributed by atoms with Gasteiger partial charge in [-0.25, -0.2) is 0 Å². The van der Waals surface area contributed by atoms with Crippen LogP contribution in [0.5, 0.6) is 0 Å².